The highest BCUT2D eigenvalue weighted by atomic mass is 32.2. The fourth-order valence-corrected chi connectivity index (χ4v) is 4.24. The molecule has 1 heterocycles. The average Bonchev–Trinajstić information content (AvgIpc) is 2.76. The molecule has 3 N–H and O–H groups in total. The monoisotopic (exact) mass is 453 g/mol. The topological polar surface area (TPSA) is 123 Å². The Balaban J connectivity index is 2.73. The number of rotatable bonds is 7. The number of H-pyrrole nitrogens is 1. The molecule has 1 aromatic heterocycles. The molecule has 0 aliphatic carbocycles. The lowest BCUT2D eigenvalue weighted by atomic mass is 10.3. The van der Waals surface area contributed by atoms with E-state index in [1.54, 1.807) is 21.0 Å². The maximum absolute atomic E-state index is 14.4. The van der Waals surface area contributed by atoms with Gasteiger partial charge in [0.05, 0.1) is 25.1 Å². The van der Waals surface area contributed by atoms with Crippen molar-refractivity contribution in [2.45, 2.75) is 36.7 Å². The number of halogens is 1. The largest absolute Gasteiger partial charge is 0.497 e. The van der Waals surface area contributed by atoms with Gasteiger partial charge < -0.3 is 25.1 Å². The van der Waals surface area contributed by atoms with Crippen LogP contribution in [0.3, 0.4) is 0 Å². The van der Waals surface area contributed by atoms with Crippen LogP contribution in [-0.4, -0.2) is 57.3 Å². The number of anilines is 2. The van der Waals surface area contributed by atoms with Crippen molar-refractivity contribution in [3.05, 3.63) is 41.7 Å². The zero-order chi connectivity index (χ0) is 23.3. The van der Waals surface area contributed by atoms with Crippen LogP contribution in [-0.2, 0) is 14.6 Å². The van der Waals surface area contributed by atoms with Crippen molar-refractivity contribution in [2.24, 2.45) is 0 Å². The molecule has 1 aromatic carbocycles. The van der Waals surface area contributed by atoms with E-state index in [2.05, 4.69) is 15.0 Å². The Kier molecular flexibility index (Phi) is 7.80. The Morgan fingerprint density at radius 2 is 1.94 bits per heavy atom. The van der Waals surface area contributed by atoms with Crippen molar-refractivity contribution in [3.8, 4) is 5.75 Å². The van der Waals surface area contributed by atoms with Crippen LogP contribution in [0, 0.1) is 19.7 Å². The third-order valence-electron chi connectivity index (χ3n) is 4.57. The number of nitrogen functional groups attached to an aromatic ring is 1. The number of aromatic amines is 1. The van der Waals surface area contributed by atoms with E-state index in [0.717, 1.165) is 18.3 Å². The lowest BCUT2D eigenvalue weighted by Crippen LogP contribution is -2.29. The molecule has 2 rings (SSSR count). The van der Waals surface area contributed by atoms with Crippen LogP contribution in [0.4, 0.5) is 16.0 Å². The number of methoxy groups -OCH3 is 2. The van der Waals surface area contributed by atoms with Gasteiger partial charge in [-0.3, -0.25) is 0 Å². The van der Waals surface area contributed by atoms with Gasteiger partial charge in [0.1, 0.15) is 38.8 Å². The molecule has 9 nitrogen and oxygen atoms in total. The van der Waals surface area contributed by atoms with Gasteiger partial charge in [-0.2, -0.15) is 0 Å². The summed E-state index contributed by atoms with van der Waals surface area (Å²) >= 11 is 0. The van der Waals surface area contributed by atoms with E-state index in [1.165, 1.54) is 13.2 Å². The molecule has 1 atom stereocenters. The van der Waals surface area contributed by atoms with Gasteiger partial charge in [0.15, 0.2) is 0 Å². The number of nitrogens with one attached hydrogen (secondary N) is 1. The SMILES string of the molecule is COc1ccc(F)c(S(=O)(=O)c2cnc(C)nc(N(C)CC(C)OC)c(C)[nH]c2N)c1. The molecule has 0 saturated heterocycles. The fourth-order valence-electron chi connectivity index (χ4n) is 2.87. The molecule has 31 heavy (non-hydrogen) atoms. The fraction of sp³-hybridized carbons (Fsp3) is 0.400. The first-order valence-electron chi connectivity index (χ1n) is 9.40. The number of nitrogens with zero attached hydrogens (tertiary/aromatic N) is 3. The molecule has 0 aliphatic rings. The van der Waals surface area contributed by atoms with Gasteiger partial charge >= 0.3 is 0 Å². The number of aromatic nitrogens is 3. The van der Waals surface area contributed by atoms with Gasteiger partial charge in [0.2, 0.25) is 9.84 Å². The van der Waals surface area contributed by atoms with E-state index in [1.807, 2.05) is 18.9 Å². The minimum Gasteiger partial charge on any atom is -0.497 e. The number of hydrogen-bond donors (Lipinski definition) is 2. The summed E-state index contributed by atoms with van der Waals surface area (Å²) in [5.74, 6) is -0.147. The predicted molar refractivity (Wildman–Crippen MR) is 116 cm³/mol. The lowest BCUT2D eigenvalue weighted by molar-refractivity contribution is 0.124. The molecule has 0 saturated carbocycles. The van der Waals surface area contributed by atoms with Gasteiger partial charge in [-0.1, -0.05) is 0 Å². The predicted octanol–water partition coefficient (Wildman–Crippen LogP) is 2.58. The standard InChI is InChI=1S/C20H28FN5O4S/c1-12(29-5)11-26(4)20-13(2)24-19(22)18(10-23-14(3)25-20)31(27,28)17-9-15(30-6)7-8-16(17)21/h7-10,12,24H,11,22H2,1-6H3. The number of sulfone groups is 1. The van der Waals surface area contributed by atoms with Crippen molar-refractivity contribution in [1.82, 2.24) is 15.0 Å². The lowest BCUT2D eigenvalue weighted by Gasteiger charge is -2.22. The van der Waals surface area contributed by atoms with E-state index in [9.17, 15) is 12.8 Å². The van der Waals surface area contributed by atoms with E-state index in [0.29, 0.717) is 23.9 Å². The summed E-state index contributed by atoms with van der Waals surface area (Å²) in [6, 6.07) is 3.44. The van der Waals surface area contributed by atoms with Crippen molar-refractivity contribution in [3.63, 3.8) is 0 Å². The summed E-state index contributed by atoms with van der Waals surface area (Å²) in [7, 11) is 0.420. The molecule has 11 heteroatoms. The molecule has 170 valence electrons. The van der Waals surface area contributed by atoms with E-state index >= 15 is 0 Å². The number of hydrogen-bond acceptors (Lipinski definition) is 8. The van der Waals surface area contributed by atoms with E-state index in [-0.39, 0.29) is 22.6 Å². The summed E-state index contributed by atoms with van der Waals surface area (Å²) in [4.78, 5) is 12.3. The summed E-state index contributed by atoms with van der Waals surface area (Å²) < 4.78 is 51.2. The third kappa shape index (κ3) is 5.61. The summed E-state index contributed by atoms with van der Waals surface area (Å²) in [6.07, 6.45) is 0.987. The number of nitrogens with two attached hydrogens (primary N) is 1. The molecule has 1 unspecified atom stereocenters. The Morgan fingerprint density at radius 3 is 2.55 bits per heavy atom. The van der Waals surface area contributed by atoms with Crippen LogP contribution in [0.5, 0.6) is 5.75 Å². The van der Waals surface area contributed by atoms with Gasteiger partial charge in [0.25, 0.3) is 0 Å². The molecule has 0 spiro atoms. The van der Waals surface area contributed by atoms with Crippen LogP contribution < -0.4 is 15.4 Å². The minimum atomic E-state index is -4.36. The molecule has 2 aromatic rings. The van der Waals surface area contributed by atoms with E-state index in [4.69, 9.17) is 15.2 Å². The zero-order valence-electron chi connectivity index (χ0n) is 18.4. The summed E-state index contributed by atoms with van der Waals surface area (Å²) in [5, 5.41) is 0. The molecule has 0 aliphatic heterocycles. The van der Waals surface area contributed by atoms with Crippen molar-refractivity contribution in [1.29, 1.82) is 0 Å². The Bertz CT molecular complexity index is 1100. The second kappa shape index (κ2) is 9.92. The van der Waals surface area contributed by atoms with Crippen LogP contribution in [0.2, 0.25) is 0 Å². The van der Waals surface area contributed by atoms with Gasteiger partial charge in [-0.05, 0) is 32.9 Å². The Labute approximate surface area is 181 Å². The molecule has 0 radical (unpaired) electrons. The van der Waals surface area contributed by atoms with Gasteiger partial charge in [0, 0.05) is 26.8 Å². The number of likely N-dealkylation sites (N-methyl/N-ethyl adjacent to an activating group) is 1. The van der Waals surface area contributed by atoms with Crippen molar-refractivity contribution < 1.29 is 22.3 Å². The molecular weight excluding hydrogens is 425 g/mol. The smallest absolute Gasteiger partial charge is 0.214 e. The molecule has 0 fully saturated rings. The maximum atomic E-state index is 14.4. The summed E-state index contributed by atoms with van der Waals surface area (Å²) in [5.41, 5.74) is 6.60. The quantitative estimate of drug-likeness (QED) is 0.656. The molecule has 0 bridgehead atoms. The second-order valence-electron chi connectivity index (χ2n) is 7.00. The van der Waals surface area contributed by atoms with Crippen LogP contribution in [0.25, 0.3) is 0 Å². The zero-order valence-corrected chi connectivity index (χ0v) is 19.2. The number of benzene rings is 1. The van der Waals surface area contributed by atoms with Gasteiger partial charge in [-0.25, -0.2) is 22.8 Å². The first kappa shape index (κ1) is 24.4. The van der Waals surface area contributed by atoms with E-state index < -0.39 is 20.5 Å². The van der Waals surface area contributed by atoms with Crippen molar-refractivity contribution >= 4 is 21.5 Å². The van der Waals surface area contributed by atoms with Crippen LogP contribution in [0.15, 0.2) is 34.2 Å². The Hall–Kier alpha value is -2.92. The average molecular weight is 454 g/mol. The second-order valence-corrected chi connectivity index (χ2v) is 8.88. The first-order chi connectivity index (χ1) is 14.5. The highest BCUT2D eigenvalue weighted by molar-refractivity contribution is 7.91. The third-order valence-corrected chi connectivity index (χ3v) is 6.37. The normalized spacial score (nSPS) is 12.2. The first-order valence-corrected chi connectivity index (χ1v) is 10.9. The molecular formula is C20H28FN5O4S. The number of aryl methyl sites for hydroxylation is 2. The highest BCUT2D eigenvalue weighted by Crippen LogP contribution is 2.29. The highest BCUT2D eigenvalue weighted by Gasteiger charge is 2.25. The van der Waals surface area contributed by atoms with Crippen LogP contribution >= 0.6 is 0 Å². The van der Waals surface area contributed by atoms with Crippen LogP contribution in [0.1, 0.15) is 18.4 Å². The number of ether oxygens (including phenoxy) is 2. The summed E-state index contributed by atoms with van der Waals surface area (Å²) in [6.45, 7) is 5.75. The van der Waals surface area contributed by atoms with Crippen molar-refractivity contribution in [2.75, 3.05) is 38.4 Å². The maximum Gasteiger partial charge on any atom is 0.214 e. The molecule has 0 amide bonds. The van der Waals surface area contributed by atoms with Gasteiger partial charge in [-0.15, -0.1) is 0 Å². The minimum absolute atomic E-state index is 0.0724. The Morgan fingerprint density at radius 1 is 1.26 bits per heavy atom.